The van der Waals surface area contributed by atoms with Gasteiger partial charge in [0.15, 0.2) is 0 Å². The molecular weight excluding hydrogens is 354 g/mol. The van der Waals surface area contributed by atoms with Crippen LogP contribution in [0.15, 0.2) is 42.5 Å². The van der Waals surface area contributed by atoms with Crippen molar-refractivity contribution in [2.24, 2.45) is 0 Å². The van der Waals surface area contributed by atoms with Crippen LogP contribution in [-0.2, 0) is 6.54 Å². The second-order valence-electron chi connectivity index (χ2n) is 7.43. The normalized spacial score (nSPS) is 17.9. The van der Waals surface area contributed by atoms with Gasteiger partial charge < -0.3 is 4.74 Å². The molecule has 28 heavy (non-hydrogen) atoms. The zero-order valence-corrected chi connectivity index (χ0v) is 16.4. The Balaban J connectivity index is 1.35. The Morgan fingerprint density at radius 3 is 2.11 bits per heavy atom. The van der Waals surface area contributed by atoms with Gasteiger partial charge in [0.25, 0.3) is 11.8 Å². The van der Waals surface area contributed by atoms with Gasteiger partial charge in [-0.15, -0.1) is 0 Å². The summed E-state index contributed by atoms with van der Waals surface area (Å²) in [5.41, 5.74) is 3.44. The number of carbonyl (C=O) groups excluding carboxylic acids is 2. The average molecular weight is 379 g/mol. The highest BCUT2D eigenvalue weighted by molar-refractivity contribution is 6.21. The van der Waals surface area contributed by atoms with Crippen molar-refractivity contribution in [3.63, 3.8) is 0 Å². The lowest BCUT2D eigenvalue weighted by atomic mass is 10.1. The minimum absolute atomic E-state index is 0.187. The number of benzene rings is 2. The summed E-state index contributed by atoms with van der Waals surface area (Å²) in [6.45, 7) is 6.70. The maximum Gasteiger partial charge on any atom is 0.262 e. The fourth-order valence-electron chi connectivity index (χ4n) is 3.93. The SMILES string of the molecule is COc1ccc(C)cc1CN1CCN(CN2C(=O)c3ccccc3C2=O)CC1. The van der Waals surface area contributed by atoms with Crippen molar-refractivity contribution in [1.29, 1.82) is 0 Å². The Labute approximate surface area is 165 Å². The van der Waals surface area contributed by atoms with Gasteiger partial charge in [0.1, 0.15) is 5.75 Å². The smallest absolute Gasteiger partial charge is 0.262 e. The summed E-state index contributed by atoms with van der Waals surface area (Å²) >= 11 is 0. The highest BCUT2D eigenvalue weighted by atomic mass is 16.5. The summed E-state index contributed by atoms with van der Waals surface area (Å²) in [6.07, 6.45) is 0. The number of rotatable bonds is 5. The molecule has 0 radical (unpaired) electrons. The molecule has 1 saturated heterocycles. The molecule has 0 saturated carbocycles. The molecule has 2 aromatic rings. The molecule has 2 aliphatic heterocycles. The van der Waals surface area contributed by atoms with Crippen LogP contribution in [0.3, 0.4) is 0 Å². The molecule has 2 heterocycles. The van der Waals surface area contributed by atoms with Crippen LogP contribution in [0.1, 0.15) is 31.8 Å². The molecular formula is C22H25N3O3. The number of amides is 2. The Morgan fingerprint density at radius 1 is 0.893 bits per heavy atom. The number of methoxy groups -OCH3 is 1. The van der Waals surface area contributed by atoms with E-state index >= 15 is 0 Å². The van der Waals surface area contributed by atoms with Gasteiger partial charge in [-0.3, -0.25) is 24.3 Å². The van der Waals surface area contributed by atoms with Crippen molar-refractivity contribution in [2.45, 2.75) is 13.5 Å². The number of hydrogen-bond acceptors (Lipinski definition) is 5. The number of piperazine rings is 1. The van der Waals surface area contributed by atoms with Gasteiger partial charge in [0, 0.05) is 38.3 Å². The van der Waals surface area contributed by atoms with Crippen LogP contribution in [0.25, 0.3) is 0 Å². The van der Waals surface area contributed by atoms with Gasteiger partial charge in [-0.05, 0) is 25.1 Å². The van der Waals surface area contributed by atoms with Gasteiger partial charge in [-0.25, -0.2) is 0 Å². The van der Waals surface area contributed by atoms with E-state index in [1.165, 1.54) is 16.0 Å². The van der Waals surface area contributed by atoms with E-state index < -0.39 is 0 Å². The molecule has 0 atom stereocenters. The first-order valence-electron chi connectivity index (χ1n) is 9.60. The zero-order valence-electron chi connectivity index (χ0n) is 16.4. The fourth-order valence-corrected chi connectivity index (χ4v) is 3.93. The number of carbonyl (C=O) groups is 2. The Bertz CT molecular complexity index is 869. The topological polar surface area (TPSA) is 53.1 Å². The molecule has 2 amide bonds. The summed E-state index contributed by atoms with van der Waals surface area (Å²) < 4.78 is 5.49. The molecule has 146 valence electrons. The average Bonchev–Trinajstić information content (AvgIpc) is 2.95. The molecule has 6 heteroatoms. The number of ether oxygens (including phenoxy) is 1. The quantitative estimate of drug-likeness (QED) is 0.747. The molecule has 6 nitrogen and oxygen atoms in total. The maximum absolute atomic E-state index is 12.5. The second kappa shape index (κ2) is 7.73. The summed E-state index contributed by atoms with van der Waals surface area (Å²) in [6, 6.07) is 13.3. The van der Waals surface area contributed by atoms with Crippen LogP contribution >= 0.6 is 0 Å². The molecule has 0 N–H and O–H groups in total. The molecule has 0 bridgehead atoms. The van der Waals surface area contributed by atoms with Crippen LogP contribution in [0.5, 0.6) is 5.75 Å². The lowest BCUT2D eigenvalue weighted by molar-refractivity contribution is 0.0447. The van der Waals surface area contributed by atoms with E-state index in [4.69, 9.17) is 4.74 Å². The molecule has 0 spiro atoms. The standard InChI is InChI=1S/C22H25N3O3/c1-16-7-8-20(28-2)17(13-16)14-23-9-11-24(12-10-23)15-25-21(26)18-5-3-4-6-19(18)22(25)27/h3-8,13H,9-12,14-15H2,1-2H3. The van der Waals surface area contributed by atoms with Crippen molar-refractivity contribution in [3.8, 4) is 5.75 Å². The van der Waals surface area contributed by atoms with Gasteiger partial charge in [-0.1, -0.05) is 29.8 Å². The molecule has 2 aromatic carbocycles. The number of aryl methyl sites for hydroxylation is 1. The lowest BCUT2D eigenvalue weighted by Crippen LogP contribution is -2.50. The van der Waals surface area contributed by atoms with E-state index in [-0.39, 0.29) is 11.8 Å². The van der Waals surface area contributed by atoms with Crippen LogP contribution in [0.2, 0.25) is 0 Å². The van der Waals surface area contributed by atoms with Crippen LogP contribution in [0.4, 0.5) is 0 Å². The molecule has 2 aliphatic rings. The van der Waals surface area contributed by atoms with E-state index in [0.29, 0.717) is 17.8 Å². The van der Waals surface area contributed by atoms with E-state index in [2.05, 4.69) is 28.9 Å². The van der Waals surface area contributed by atoms with Crippen molar-refractivity contribution in [1.82, 2.24) is 14.7 Å². The van der Waals surface area contributed by atoms with E-state index in [1.807, 2.05) is 6.07 Å². The predicted molar refractivity (Wildman–Crippen MR) is 106 cm³/mol. The van der Waals surface area contributed by atoms with Crippen LogP contribution < -0.4 is 4.74 Å². The first-order chi connectivity index (χ1) is 13.6. The van der Waals surface area contributed by atoms with Crippen LogP contribution in [-0.4, -0.2) is 66.5 Å². The molecule has 4 rings (SSSR count). The monoisotopic (exact) mass is 379 g/mol. The first kappa shape index (κ1) is 18.7. The van der Waals surface area contributed by atoms with E-state index in [9.17, 15) is 9.59 Å². The third kappa shape index (κ3) is 3.53. The Kier molecular flexibility index (Phi) is 5.15. The Hall–Kier alpha value is -2.70. The molecule has 1 fully saturated rings. The van der Waals surface area contributed by atoms with Crippen molar-refractivity contribution in [2.75, 3.05) is 40.0 Å². The summed E-state index contributed by atoms with van der Waals surface area (Å²) in [4.78, 5) is 31.0. The summed E-state index contributed by atoms with van der Waals surface area (Å²) in [7, 11) is 1.70. The third-order valence-electron chi connectivity index (χ3n) is 5.51. The Morgan fingerprint density at radius 2 is 1.50 bits per heavy atom. The number of hydrogen-bond donors (Lipinski definition) is 0. The van der Waals surface area contributed by atoms with Crippen molar-refractivity contribution in [3.05, 3.63) is 64.7 Å². The van der Waals surface area contributed by atoms with Gasteiger partial charge in [-0.2, -0.15) is 0 Å². The minimum atomic E-state index is -0.187. The van der Waals surface area contributed by atoms with Crippen molar-refractivity contribution < 1.29 is 14.3 Å². The predicted octanol–water partition coefficient (Wildman–Crippen LogP) is 2.37. The largest absolute Gasteiger partial charge is 0.496 e. The number of imide groups is 1. The van der Waals surface area contributed by atoms with E-state index in [1.54, 1.807) is 31.4 Å². The molecule has 0 unspecified atom stereocenters. The summed E-state index contributed by atoms with van der Waals surface area (Å²) in [5, 5.41) is 0. The third-order valence-corrected chi connectivity index (χ3v) is 5.51. The highest BCUT2D eigenvalue weighted by Gasteiger charge is 2.36. The molecule has 0 aliphatic carbocycles. The van der Waals surface area contributed by atoms with Gasteiger partial charge >= 0.3 is 0 Å². The fraction of sp³-hybridized carbons (Fsp3) is 0.364. The summed E-state index contributed by atoms with van der Waals surface area (Å²) in [5.74, 6) is 0.541. The van der Waals surface area contributed by atoms with Gasteiger partial charge in [0.05, 0.1) is 24.9 Å². The van der Waals surface area contributed by atoms with Crippen LogP contribution in [0, 0.1) is 6.92 Å². The first-order valence-corrected chi connectivity index (χ1v) is 9.60. The zero-order chi connectivity index (χ0) is 19.7. The second-order valence-corrected chi connectivity index (χ2v) is 7.43. The van der Waals surface area contributed by atoms with Crippen molar-refractivity contribution >= 4 is 11.8 Å². The molecule has 0 aromatic heterocycles. The number of fused-ring (bicyclic) bond motifs is 1. The van der Waals surface area contributed by atoms with E-state index in [0.717, 1.165) is 38.5 Å². The maximum atomic E-state index is 12.5. The minimum Gasteiger partial charge on any atom is -0.496 e. The highest BCUT2D eigenvalue weighted by Crippen LogP contribution is 2.24. The lowest BCUT2D eigenvalue weighted by Gasteiger charge is -2.36. The number of nitrogens with zero attached hydrogens (tertiary/aromatic N) is 3. The van der Waals surface area contributed by atoms with Gasteiger partial charge in [0.2, 0.25) is 0 Å².